The van der Waals surface area contributed by atoms with Crippen molar-refractivity contribution < 1.29 is 9.53 Å². The molecule has 0 aliphatic heterocycles. The third-order valence-electron chi connectivity index (χ3n) is 5.22. The number of carbonyl (C=O) groups excluding carboxylic acids is 1. The van der Waals surface area contributed by atoms with Crippen LogP contribution in [0.15, 0.2) is 35.4 Å². The lowest BCUT2D eigenvalue weighted by Gasteiger charge is -2.43. The molecular weight excluding hydrogens is 224 g/mol. The number of carbonyl (C=O) groups is 1. The van der Waals surface area contributed by atoms with Crippen molar-refractivity contribution in [3.05, 3.63) is 46.5 Å². The smallest absolute Gasteiger partial charge is 0.334 e. The average Bonchev–Trinajstić information content (AvgIpc) is 2.91. The third kappa shape index (κ3) is 0.984. The summed E-state index contributed by atoms with van der Waals surface area (Å²) in [7, 11) is 1.48. The van der Waals surface area contributed by atoms with Gasteiger partial charge in [-0.3, -0.25) is 0 Å². The second-order valence-electron chi connectivity index (χ2n) is 5.72. The first-order valence-electron chi connectivity index (χ1n) is 6.62. The number of rotatable bonds is 1. The molecule has 4 rings (SSSR count). The molecular formula is C16H16O2. The summed E-state index contributed by atoms with van der Waals surface area (Å²) in [5.41, 5.74) is 5.23. The summed E-state index contributed by atoms with van der Waals surface area (Å²) in [6.45, 7) is 2.11. The van der Waals surface area contributed by atoms with Crippen molar-refractivity contribution in [1.82, 2.24) is 0 Å². The molecule has 1 fully saturated rings. The maximum atomic E-state index is 11.9. The maximum Gasteiger partial charge on any atom is 0.334 e. The van der Waals surface area contributed by atoms with Gasteiger partial charge < -0.3 is 4.74 Å². The predicted octanol–water partition coefficient (Wildman–Crippen LogP) is 3.01. The van der Waals surface area contributed by atoms with Gasteiger partial charge >= 0.3 is 5.97 Å². The minimum Gasteiger partial charge on any atom is -0.466 e. The van der Waals surface area contributed by atoms with Gasteiger partial charge in [-0.05, 0) is 42.2 Å². The van der Waals surface area contributed by atoms with Gasteiger partial charge in [0.05, 0.1) is 7.11 Å². The van der Waals surface area contributed by atoms with Gasteiger partial charge in [-0.2, -0.15) is 0 Å². The van der Waals surface area contributed by atoms with Crippen molar-refractivity contribution in [2.24, 2.45) is 11.8 Å². The SMILES string of the molecule is COC(=O)C1=C(C)[C@@H]2[C@H]1[C@@H]1C[C@H]2c2ccccc21. The highest BCUT2D eigenvalue weighted by Crippen LogP contribution is 2.68. The second-order valence-corrected chi connectivity index (χ2v) is 5.72. The molecule has 2 heteroatoms. The zero-order valence-electron chi connectivity index (χ0n) is 10.6. The Kier molecular flexibility index (Phi) is 1.87. The van der Waals surface area contributed by atoms with Crippen LogP contribution in [0, 0.1) is 11.8 Å². The Balaban J connectivity index is 1.80. The molecule has 0 spiro atoms. The summed E-state index contributed by atoms with van der Waals surface area (Å²) >= 11 is 0. The van der Waals surface area contributed by atoms with Crippen molar-refractivity contribution in [1.29, 1.82) is 0 Å². The molecule has 3 aliphatic rings. The molecule has 3 aliphatic carbocycles. The van der Waals surface area contributed by atoms with Gasteiger partial charge in [-0.1, -0.05) is 29.8 Å². The van der Waals surface area contributed by atoms with E-state index in [1.165, 1.54) is 30.2 Å². The molecule has 0 N–H and O–H groups in total. The Labute approximate surface area is 107 Å². The fourth-order valence-corrected chi connectivity index (χ4v) is 4.60. The summed E-state index contributed by atoms with van der Waals surface area (Å²) in [5, 5.41) is 0. The molecule has 1 aromatic carbocycles. The summed E-state index contributed by atoms with van der Waals surface area (Å²) in [5.74, 6) is 2.11. The van der Waals surface area contributed by atoms with E-state index in [1.807, 2.05) is 0 Å². The zero-order chi connectivity index (χ0) is 12.4. The van der Waals surface area contributed by atoms with Crippen LogP contribution in [-0.2, 0) is 9.53 Å². The van der Waals surface area contributed by atoms with E-state index in [1.54, 1.807) is 0 Å². The standard InChI is InChI=1S/C16H16O2/c1-8-13-11-7-12(10-6-4-3-5-9(10)11)15(13)14(8)16(17)18-2/h3-6,11-13,15H,7H2,1-2H3/t11-,12+,13-,15+/m0/s1. The first-order valence-corrected chi connectivity index (χ1v) is 6.62. The fourth-order valence-electron chi connectivity index (χ4n) is 4.60. The monoisotopic (exact) mass is 240 g/mol. The lowest BCUT2D eigenvalue weighted by molar-refractivity contribution is -0.137. The number of methoxy groups -OCH3 is 1. The minimum absolute atomic E-state index is 0.112. The quantitative estimate of drug-likeness (QED) is 0.705. The highest BCUT2D eigenvalue weighted by molar-refractivity contribution is 5.93. The first kappa shape index (κ1) is 10.4. The van der Waals surface area contributed by atoms with Crippen LogP contribution in [0.5, 0.6) is 0 Å². The van der Waals surface area contributed by atoms with Gasteiger partial charge in [0, 0.05) is 11.5 Å². The number of esters is 1. The van der Waals surface area contributed by atoms with Crippen LogP contribution in [-0.4, -0.2) is 13.1 Å². The van der Waals surface area contributed by atoms with Gasteiger partial charge in [0.15, 0.2) is 0 Å². The van der Waals surface area contributed by atoms with Crippen molar-refractivity contribution in [3.63, 3.8) is 0 Å². The molecule has 18 heavy (non-hydrogen) atoms. The predicted molar refractivity (Wildman–Crippen MR) is 68.2 cm³/mol. The Bertz CT molecular complexity index is 585. The highest BCUT2D eigenvalue weighted by Gasteiger charge is 2.59. The number of ether oxygens (including phenoxy) is 1. The lowest BCUT2D eigenvalue weighted by Crippen LogP contribution is -2.37. The van der Waals surface area contributed by atoms with E-state index in [9.17, 15) is 4.79 Å². The largest absolute Gasteiger partial charge is 0.466 e. The van der Waals surface area contributed by atoms with E-state index in [2.05, 4.69) is 31.2 Å². The lowest BCUT2D eigenvalue weighted by atomic mass is 9.60. The molecule has 1 saturated carbocycles. The maximum absolute atomic E-state index is 11.9. The molecule has 0 heterocycles. The summed E-state index contributed by atoms with van der Waals surface area (Å²) in [6, 6.07) is 8.74. The van der Waals surface area contributed by atoms with Crippen LogP contribution in [0.3, 0.4) is 0 Å². The van der Waals surface area contributed by atoms with Crippen molar-refractivity contribution in [2.45, 2.75) is 25.2 Å². The van der Waals surface area contributed by atoms with E-state index in [4.69, 9.17) is 4.74 Å². The Morgan fingerprint density at radius 3 is 2.39 bits per heavy atom. The molecule has 4 atom stereocenters. The van der Waals surface area contributed by atoms with Crippen LogP contribution < -0.4 is 0 Å². The number of benzene rings is 1. The van der Waals surface area contributed by atoms with Gasteiger partial charge in [0.1, 0.15) is 0 Å². The van der Waals surface area contributed by atoms with E-state index in [0.717, 1.165) is 5.57 Å². The number of hydrogen-bond donors (Lipinski definition) is 0. The highest BCUT2D eigenvalue weighted by atomic mass is 16.5. The molecule has 2 bridgehead atoms. The van der Waals surface area contributed by atoms with Crippen LogP contribution in [0.1, 0.15) is 36.3 Å². The van der Waals surface area contributed by atoms with Crippen LogP contribution in [0.25, 0.3) is 0 Å². The zero-order valence-corrected chi connectivity index (χ0v) is 10.6. The molecule has 1 aromatic rings. The molecule has 92 valence electrons. The summed E-state index contributed by atoms with van der Waals surface area (Å²) in [6.07, 6.45) is 1.21. The van der Waals surface area contributed by atoms with Crippen LogP contribution >= 0.6 is 0 Å². The molecule has 0 radical (unpaired) electrons. The number of hydrogen-bond acceptors (Lipinski definition) is 2. The molecule has 0 unspecified atom stereocenters. The molecule has 0 aromatic heterocycles. The Hall–Kier alpha value is -1.57. The topological polar surface area (TPSA) is 26.3 Å². The average molecular weight is 240 g/mol. The summed E-state index contributed by atoms with van der Waals surface area (Å²) < 4.78 is 4.93. The van der Waals surface area contributed by atoms with Gasteiger partial charge in [0.25, 0.3) is 0 Å². The Morgan fingerprint density at radius 2 is 1.78 bits per heavy atom. The number of allylic oxidation sites excluding steroid dienone is 1. The van der Waals surface area contributed by atoms with Crippen LogP contribution in [0.2, 0.25) is 0 Å². The summed E-state index contributed by atoms with van der Waals surface area (Å²) in [4.78, 5) is 11.9. The van der Waals surface area contributed by atoms with E-state index >= 15 is 0 Å². The molecule has 0 amide bonds. The van der Waals surface area contributed by atoms with Crippen molar-refractivity contribution in [2.75, 3.05) is 7.11 Å². The van der Waals surface area contributed by atoms with E-state index in [-0.39, 0.29) is 5.97 Å². The van der Waals surface area contributed by atoms with Crippen molar-refractivity contribution in [3.8, 4) is 0 Å². The Morgan fingerprint density at radius 1 is 1.17 bits per heavy atom. The number of fused-ring (bicyclic) bond motifs is 8. The third-order valence-corrected chi connectivity index (χ3v) is 5.22. The second kappa shape index (κ2) is 3.25. The normalized spacial score (nSPS) is 35.0. The fraction of sp³-hybridized carbons (Fsp3) is 0.438. The van der Waals surface area contributed by atoms with Crippen molar-refractivity contribution >= 4 is 5.97 Å². The van der Waals surface area contributed by atoms with E-state index < -0.39 is 0 Å². The molecule has 2 nitrogen and oxygen atoms in total. The molecule has 0 saturated heterocycles. The van der Waals surface area contributed by atoms with Gasteiger partial charge in [-0.15, -0.1) is 0 Å². The minimum atomic E-state index is -0.112. The first-order chi connectivity index (χ1) is 8.74. The van der Waals surface area contributed by atoms with Crippen LogP contribution in [0.4, 0.5) is 0 Å². The van der Waals surface area contributed by atoms with Gasteiger partial charge in [0.2, 0.25) is 0 Å². The van der Waals surface area contributed by atoms with E-state index in [0.29, 0.717) is 23.7 Å². The van der Waals surface area contributed by atoms with Gasteiger partial charge in [-0.25, -0.2) is 4.79 Å².